The molecule has 9 N–H and O–H groups in total. The molecule has 0 fully saturated rings. The summed E-state index contributed by atoms with van der Waals surface area (Å²) in [5.41, 5.74) is 7.19. The molecule has 0 aliphatic heterocycles. The van der Waals surface area contributed by atoms with Crippen molar-refractivity contribution in [3.63, 3.8) is 0 Å². The summed E-state index contributed by atoms with van der Waals surface area (Å²) in [5.74, 6) is -5.83. The number of hydrogen-bond acceptors (Lipinski definition) is 8. The molecule has 4 amide bonds. The van der Waals surface area contributed by atoms with Gasteiger partial charge in [-0.25, -0.2) is 4.79 Å². The number of para-hydroxylation sites is 1. The third-order valence-electron chi connectivity index (χ3n) is 6.94. The van der Waals surface area contributed by atoms with Gasteiger partial charge in [0.1, 0.15) is 24.2 Å². The van der Waals surface area contributed by atoms with E-state index in [-0.39, 0.29) is 36.9 Å². The lowest BCUT2D eigenvalue weighted by atomic mass is 9.99. The lowest BCUT2D eigenvalue weighted by molar-refractivity contribution is -0.141. The van der Waals surface area contributed by atoms with Gasteiger partial charge in [0.2, 0.25) is 23.6 Å². The Morgan fingerprint density at radius 2 is 1.27 bits per heavy atom. The fourth-order valence-corrected chi connectivity index (χ4v) is 4.94. The molecule has 248 valence electrons. The van der Waals surface area contributed by atoms with Crippen molar-refractivity contribution in [1.82, 2.24) is 26.3 Å². The van der Waals surface area contributed by atoms with Crippen LogP contribution >= 0.6 is 12.6 Å². The summed E-state index contributed by atoms with van der Waals surface area (Å²) >= 11 is 4.01. The van der Waals surface area contributed by atoms with Crippen molar-refractivity contribution >= 4 is 59.1 Å². The number of hydrogen-bond donors (Lipinski definition) is 9. The van der Waals surface area contributed by atoms with E-state index in [1.807, 2.05) is 52.0 Å². The van der Waals surface area contributed by atoms with Crippen LogP contribution in [0.1, 0.15) is 52.5 Å². The van der Waals surface area contributed by atoms with Crippen molar-refractivity contribution in [1.29, 1.82) is 0 Å². The number of carbonyl (C=O) groups excluding carboxylic acids is 4. The van der Waals surface area contributed by atoms with Crippen LogP contribution in [-0.4, -0.2) is 86.7 Å². The summed E-state index contributed by atoms with van der Waals surface area (Å²) in [6.07, 6.45) is 1.44. The number of nitrogens with one attached hydrogen (secondary N) is 5. The van der Waals surface area contributed by atoms with Crippen LogP contribution < -0.4 is 27.0 Å². The number of thiol groups is 1. The van der Waals surface area contributed by atoms with Gasteiger partial charge >= 0.3 is 11.9 Å². The average Bonchev–Trinajstić information content (AvgIpc) is 3.36. The molecule has 2 aromatic rings. The maximum Gasteiger partial charge on any atom is 0.327 e. The number of aromatic nitrogens is 1. The highest BCUT2D eigenvalue weighted by Gasteiger charge is 2.33. The average molecular weight is 649 g/mol. The monoisotopic (exact) mass is 648 g/mol. The maximum atomic E-state index is 13.7. The highest BCUT2D eigenvalue weighted by Crippen LogP contribution is 2.19. The van der Waals surface area contributed by atoms with E-state index in [1.54, 1.807) is 6.20 Å². The standard InChI is InChI=1S/C30H44N6O8S/c1-15(2)9-21(33-26(39)19(31)12-25(37)38)27(40)34-22(10-16(3)4)28(41)35-23(29(42)36-24(14-45)30(43)44)11-17-13-32-20-8-6-5-7-18(17)20/h5-8,13,15-16,19,21-24,32,45H,9-12,14,31H2,1-4H3,(H,33,39)(H,34,40)(H,35,41)(H,36,42)(H,37,38)(H,43,44)/t19-,21-,22-,23-,24-/m0/s1. The Labute approximate surface area is 267 Å². The number of benzene rings is 1. The van der Waals surface area contributed by atoms with Gasteiger partial charge in [-0.15, -0.1) is 0 Å². The summed E-state index contributed by atoms with van der Waals surface area (Å²) in [5, 5.41) is 29.5. The van der Waals surface area contributed by atoms with Gasteiger partial charge in [0, 0.05) is 29.3 Å². The SMILES string of the molecule is CC(C)C[C@H](NC(=O)[C@H](CC(C)C)NC(=O)[C@@H](N)CC(=O)O)C(=O)N[C@@H](Cc1c[nH]c2ccccc12)C(=O)N[C@@H](CS)C(=O)O. The van der Waals surface area contributed by atoms with Gasteiger partial charge in [-0.3, -0.25) is 24.0 Å². The molecule has 45 heavy (non-hydrogen) atoms. The molecule has 1 aromatic carbocycles. The van der Waals surface area contributed by atoms with E-state index >= 15 is 0 Å². The first-order chi connectivity index (χ1) is 21.1. The topological polar surface area (TPSA) is 233 Å². The van der Waals surface area contributed by atoms with E-state index in [9.17, 15) is 33.9 Å². The largest absolute Gasteiger partial charge is 0.481 e. The smallest absolute Gasteiger partial charge is 0.327 e. The number of aliphatic carboxylic acids is 2. The summed E-state index contributed by atoms with van der Waals surface area (Å²) in [7, 11) is 0. The summed E-state index contributed by atoms with van der Waals surface area (Å²) in [6.45, 7) is 7.33. The molecule has 5 atom stereocenters. The molecule has 15 heteroatoms. The van der Waals surface area contributed by atoms with Crippen LogP contribution in [0, 0.1) is 11.8 Å². The van der Waals surface area contributed by atoms with E-state index in [2.05, 4.69) is 38.9 Å². The quantitative estimate of drug-likeness (QED) is 0.103. The highest BCUT2D eigenvalue weighted by molar-refractivity contribution is 7.80. The molecule has 0 aliphatic rings. The molecule has 0 bridgehead atoms. The molecule has 2 rings (SSSR count). The number of fused-ring (bicyclic) bond motifs is 1. The van der Waals surface area contributed by atoms with Gasteiger partial charge in [-0.05, 0) is 36.3 Å². The summed E-state index contributed by atoms with van der Waals surface area (Å²) < 4.78 is 0. The first-order valence-corrected chi connectivity index (χ1v) is 15.3. The molecular formula is C30H44N6O8S. The minimum Gasteiger partial charge on any atom is -0.481 e. The molecule has 0 saturated heterocycles. The fraction of sp³-hybridized carbons (Fsp3) is 0.533. The van der Waals surface area contributed by atoms with Crippen LogP contribution in [0.15, 0.2) is 30.5 Å². The van der Waals surface area contributed by atoms with Crippen molar-refractivity contribution in [2.45, 2.75) is 83.6 Å². The Kier molecular flexibility index (Phi) is 14.3. The van der Waals surface area contributed by atoms with Gasteiger partial charge in [-0.1, -0.05) is 45.9 Å². The molecule has 0 spiro atoms. The third kappa shape index (κ3) is 11.7. The Hall–Kier alpha value is -4.11. The number of H-pyrrole nitrogens is 1. The van der Waals surface area contributed by atoms with E-state index in [0.717, 1.165) is 10.9 Å². The fourth-order valence-electron chi connectivity index (χ4n) is 4.70. The molecule has 0 radical (unpaired) electrons. The molecule has 1 aromatic heterocycles. The lowest BCUT2D eigenvalue weighted by Gasteiger charge is -2.27. The van der Waals surface area contributed by atoms with Gasteiger partial charge in [0.05, 0.1) is 12.5 Å². The number of carboxylic acid groups (broad SMARTS) is 2. The number of rotatable bonds is 18. The van der Waals surface area contributed by atoms with E-state index in [0.29, 0.717) is 5.56 Å². The lowest BCUT2D eigenvalue weighted by Crippen LogP contribution is -2.59. The first kappa shape index (κ1) is 37.1. The van der Waals surface area contributed by atoms with E-state index in [4.69, 9.17) is 10.8 Å². The van der Waals surface area contributed by atoms with Crippen LogP contribution in [0.2, 0.25) is 0 Å². The van der Waals surface area contributed by atoms with Crippen LogP contribution in [0.25, 0.3) is 10.9 Å². The number of nitrogens with two attached hydrogens (primary N) is 1. The Morgan fingerprint density at radius 3 is 1.78 bits per heavy atom. The maximum absolute atomic E-state index is 13.7. The second kappa shape index (κ2) is 17.4. The molecule has 0 unspecified atom stereocenters. The number of amides is 4. The summed E-state index contributed by atoms with van der Waals surface area (Å²) in [6, 6.07) is 1.22. The second-order valence-corrected chi connectivity index (χ2v) is 12.2. The van der Waals surface area contributed by atoms with Crippen LogP contribution in [0.5, 0.6) is 0 Å². The van der Waals surface area contributed by atoms with Crippen LogP contribution in [-0.2, 0) is 35.2 Å². The summed E-state index contributed by atoms with van der Waals surface area (Å²) in [4.78, 5) is 78.7. The zero-order valence-electron chi connectivity index (χ0n) is 25.8. The zero-order chi connectivity index (χ0) is 33.8. The van der Waals surface area contributed by atoms with Gasteiger partial charge < -0.3 is 42.2 Å². The Balaban J connectivity index is 2.33. The predicted octanol–water partition coefficient (Wildman–Crippen LogP) is 0.558. The van der Waals surface area contributed by atoms with Gasteiger partial charge in [0.15, 0.2) is 0 Å². The van der Waals surface area contributed by atoms with Crippen molar-refractivity contribution in [3.8, 4) is 0 Å². The highest BCUT2D eigenvalue weighted by atomic mass is 32.1. The minimum atomic E-state index is -1.38. The Bertz CT molecular complexity index is 1360. The van der Waals surface area contributed by atoms with Gasteiger partial charge in [0.25, 0.3) is 0 Å². The normalized spacial score (nSPS) is 14.7. The molecule has 14 nitrogen and oxygen atoms in total. The van der Waals surface area contributed by atoms with Crippen molar-refractivity contribution in [3.05, 3.63) is 36.0 Å². The molecule has 0 saturated carbocycles. The second-order valence-electron chi connectivity index (χ2n) is 11.8. The van der Waals surface area contributed by atoms with Crippen molar-refractivity contribution in [2.24, 2.45) is 17.6 Å². The third-order valence-corrected chi connectivity index (χ3v) is 7.31. The minimum absolute atomic E-state index is 0.0103. The number of carbonyl (C=O) groups is 6. The molecule has 1 heterocycles. The first-order valence-electron chi connectivity index (χ1n) is 14.7. The van der Waals surface area contributed by atoms with Gasteiger partial charge in [-0.2, -0.15) is 12.6 Å². The number of carboxylic acids is 2. The van der Waals surface area contributed by atoms with Crippen LogP contribution in [0.3, 0.4) is 0 Å². The van der Waals surface area contributed by atoms with E-state index < -0.39 is 72.2 Å². The Morgan fingerprint density at radius 1 is 0.778 bits per heavy atom. The van der Waals surface area contributed by atoms with Crippen molar-refractivity contribution < 1.29 is 39.0 Å². The number of aromatic amines is 1. The predicted molar refractivity (Wildman–Crippen MR) is 170 cm³/mol. The van der Waals surface area contributed by atoms with Crippen molar-refractivity contribution in [2.75, 3.05) is 5.75 Å². The van der Waals surface area contributed by atoms with Crippen LogP contribution in [0.4, 0.5) is 0 Å². The molecular weight excluding hydrogens is 604 g/mol. The van der Waals surface area contributed by atoms with E-state index in [1.165, 1.54) is 0 Å². The molecule has 0 aliphatic carbocycles. The zero-order valence-corrected chi connectivity index (χ0v) is 26.7.